The Bertz CT molecular complexity index is 474. The molecule has 3 N–H and O–H groups in total. The Morgan fingerprint density at radius 2 is 2.17 bits per heavy atom. The number of phenols is 1. The molecule has 1 amide bonds. The van der Waals surface area contributed by atoms with E-state index >= 15 is 0 Å². The highest BCUT2D eigenvalue weighted by Crippen LogP contribution is 2.18. The lowest BCUT2D eigenvalue weighted by Gasteiger charge is -2.21. The van der Waals surface area contributed by atoms with Crippen molar-refractivity contribution in [3.63, 3.8) is 0 Å². The molecule has 4 nitrogen and oxygen atoms in total. The van der Waals surface area contributed by atoms with Crippen LogP contribution in [0.4, 0.5) is 0 Å². The Labute approximate surface area is 112 Å². The highest BCUT2D eigenvalue weighted by molar-refractivity contribution is 7.80. The summed E-state index contributed by atoms with van der Waals surface area (Å²) in [6.07, 6.45) is 0. The van der Waals surface area contributed by atoms with Crippen LogP contribution in [-0.4, -0.2) is 34.5 Å². The maximum atomic E-state index is 12.1. The summed E-state index contributed by atoms with van der Waals surface area (Å²) in [6.45, 7) is 4.11. The van der Waals surface area contributed by atoms with Crippen LogP contribution in [0, 0.1) is 12.8 Å². The number of amides is 1. The van der Waals surface area contributed by atoms with Crippen LogP contribution >= 0.6 is 12.2 Å². The van der Waals surface area contributed by atoms with Gasteiger partial charge in [-0.2, -0.15) is 0 Å². The van der Waals surface area contributed by atoms with Crippen molar-refractivity contribution in [2.24, 2.45) is 11.7 Å². The molecule has 0 aliphatic carbocycles. The third-order valence-corrected chi connectivity index (χ3v) is 3.24. The third kappa shape index (κ3) is 3.43. The standard InChI is InChI=1S/C13H18N2O2S/c1-8-4-5-10(6-11(8)16)13(17)15(3)7-9(2)12(14)18/h4-6,9,16H,7H2,1-3H3,(H2,14,18). The number of hydrogen-bond donors (Lipinski definition) is 2. The van der Waals surface area contributed by atoms with Gasteiger partial charge in [0.25, 0.3) is 5.91 Å². The van der Waals surface area contributed by atoms with E-state index in [1.165, 1.54) is 6.07 Å². The molecule has 0 bridgehead atoms. The number of benzene rings is 1. The fourth-order valence-electron chi connectivity index (χ4n) is 1.55. The molecule has 18 heavy (non-hydrogen) atoms. The van der Waals surface area contributed by atoms with Crippen molar-refractivity contribution in [2.45, 2.75) is 13.8 Å². The van der Waals surface area contributed by atoms with Gasteiger partial charge >= 0.3 is 0 Å². The smallest absolute Gasteiger partial charge is 0.253 e. The Balaban J connectivity index is 2.80. The highest BCUT2D eigenvalue weighted by atomic mass is 32.1. The van der Waals surface area contributed by atoms with Gasteiger partial charge in [0.05, 0.1) is 4.99 Å². The number of rotatable bonds is 4. The monoisotopic (exact) mass is 266 g/mol. The molecular formula is C13H18N2O2S. The molecule has 1 unspecified atom stereocenters. The van der Waals surface area contributed by atoms with Gasteiger partial charge < -0.3 is 15.7 Å². The van der Waals surface area contributed by atoms with Crippen molar-refractivity contribution in [2.75, 3.05) is 13.6 Å². The maximum Gasteiger partial charge on any atom is 0.253 e. The molecule has 5 heteroatoms. The van der Waals surface area contributed by atoms with Gasteiger partial charge in [-0.3, -0.25) is 4.79 Å². The van der Waals surface area contributed by atoms with E-state index in [1.807, 2.05) is 6.92 Å². The van der Waals surface area contributed by atoms with Crippen molar-refractivity contribution < 1.29 is 9.90 Å². The first kappa shape index (κ1) is 14.4. The van der Waals surface area contributed by atoms with E-state index < -0.39 is 0 Å². The highest BCUT2D eigenvalue weighted by Gasteiger charge is 2.16. The summed E-state index contributed by atoms with van der Waals surface area (Å²) in [5.41, 5.74) is 6.72. The molecule has 0 fully saturated rings. The molecule has 1 atom stereocenters. The van der Waals surface area contributed by atoms with E-state index in [2.05, 4.69) is 0 Å². The lowest BCUT2D eigenvalue weighted by Crippen LogP contribution is -2.35. The van der Waals surface area contributed by atoms with Crippen LogP contribution in [0.25, 0.3) is 0 Å². The number of thiocarbonyl (C=S) groups is 1. The van der Waals surface area contributed by atoms with E-state index in [0.717, 1.165) is 5.56 Å². The SMILES string of the molecule is Cc1ccc(C(=O)N(C)CC(C)C(N)=S)cc1O. The van der Waals surface area contributed by atoms with E-state index in [-0.39, 0.29) is 17.6 Å². The Hall–Kier alpha value is -1.62. The predicted octanol–water partition coefficient (Wildman–Crippen LogP) is 1.69. The summed E-state index contributed by atoms with van der Waals surface area (Å²) >= 11 is 4.88. The molecule has 1 rings (SSSR count). The normalized spacial score (nSPS) is 11.9. The molecule has 0 spiro atoms. The minimum Gasteiger partial charge on any atom is -0.508 e. The van der Waals surface area contributed by atoms with E-state index in [0.29, 0.717) is 17.1 Å². The van der Waals surface area contributed by atoms with Crippen LogP contribution in [0.15, 0.2) is 18.2 Å². The van der Waals surface area contributed by atoms with Gasteiger partial charge in [-0.1, -0.05) is 25.2 Å². The average Bonchev–Trinajstić information content (AvgIpc) is 2.31. The zero-order valence-corrected chi connectivity index (χ0v) is 11.6. The van der Waals surface area contributed by atoms with Gasteiger partial charge in [-0.25, -0.2) is 0 Å². The summed E-state index contributed by atoms with van der Waals surface area (Å²) in [6, 6.07) is 4.88. The molecule has 1 aromatic carbocycles. The van der Waals surface area contributed by atoms with Crippen molar-refractivity contribution in [1.29, 1.82) is 0 Å². The van der Waals surface area contributed by atoms with Crippen LogP contribution in [-0.2, 0) is 0 Å². The number of phenolic OH excluding ortho intramolecular Hbond substituents is 1. The minimum absolute atomic E-state index is 0.0343. The fourth-order valence-corrected chi connectivity index (χ4v) is 1.62. The molecule has 0 heterocycles. The van der Waals surface area contributed by atoms with Gasteiger partial charge in [-0.05, 0) is 24.6 Å². The molecule has 0 saturated heterocycles. The van der Waals surface area contributed by atoms with Crippen molar-refractivity contribution in [1.82, 2.24) is 4.90 Å². The van der Waals surface area contributed by atoms with Crippen LogP contribution < -0.4 is 5.73 Å². The number of nitrogens with zero attached hydrogens (tertiary/aromatic N) is 1. The van der Waals surface area contributed by atoms with Crippen LogP contribution in [0.3, 0.4) is 0 Å². The van der Waals surface area contributed by atoms with E-state index in [1.54, 1.807) is 31.0 Å². The second-order valence-electron chi connectivity index (χ2n) is 4.49. The predicted molar refractivity (Wildman–Crippen MR) is 75.8 cm³/mol. The van der Waals surface area contributed by atoms with Gasteiger partial charge in [0.15, 0.2) is 0 Å². The first-order valence-corrected chi connectivity index (χ1v) is 6.08. The first-order valence-electron chi connectivity index (χ1n) is 5.67. The lowest BCUT2D eigenvalue weighted by atomic mass is 10.1. The number of nitrogens with two attached hydrogens (primary N) is 1. The summed E-state index contributed by atoms with van der Waals surface area (Å²) in [7, 11) is 1.69. The minimum atomic E-state index is -0.159. The zero-order chi connectivity index (χ0) is 13.9. The number of aryl methyl sites for hydroxylation is 1. The first-order chi connectivity index (χ1) is 8.32. The molecule has 0 aromatic heterocycles. The Morgan fingerprint density at radius 3 is 2.67 bits per heavy atom. The summed E-state index contributed by atoms with van der Waals surface area (Å²) < 4.78 is 0. The van der Waals surface area contributed by atoms with Crippen molar-refractivity contribution in [3.05, 3.63) is 29.3 Å². The number of aromatic hydroxyl groups is 1. The topological polar surface area (TPSA) is 66.6 Å². The third-order valence-electron chi connectivity index (χ3n) is 2.84. The molecular weight excluding hydrogens is 248 g/mol. The van der Waals surface area contributed by atoms with Gasteiger partial charge in [-0.15, -0.1) is 0 Å². The number of carbonyl (C=O) groups excluding carboxylic acids is 1. The second-order valence-corrected chi connectivity index (χ2v) is 4.96. The molecule has 0 aliphatic heterocycles. The Kier molecular flexibility index (Phi) is 4.67. The summed E-state index contributed by atoms with van der Waals surface area (Å²) in [5.74, 6) is -0.0713. The molecule has 0 radical (unpaired) electrons. The second kappa shape index (κ2) is 5.82. The van der Waals surface area contributed by atoms with Crippen molar-refractivity contribution >= 4 is 23.1 Å². The molecule has 0 aliphatic rings. The summed E-state index contributed by atoms with van der Waals surface area (Å²) in [4.78, 5) is 14.0. The van der Waals surface area contributed by atoms with Crippen molar-refractivity contribution in [3.8, 4) is 5.75 Å². The summed E-state index contributed by atoms with van der Waals surface area (Å²) in [5, 5.41) is 9.59. The van der Waals surface area contributed by atoms with Gasteiger partial charge in [0, 0.05) is 25.1 Å². The zero-order valence-electron chi connectivity index (χ0n) is 10.8. The molecule has 98 valence electrons. The van der Waals surface area contributed by atoms with Crippen LogP contribution in [0.5, 0.6) is 5.75 Å². The number of hydrogen-bond acceptors (Lipinski definition) is 3. The van der Waals surface area contributed by atoms with Gasteiger partial charge in [0.2, 0.25) is 0 Å². The van der Waals surface area contributed by atoms with Crippen LogP contribution in [0.1, 0.15) is 22.8 Å². The van der Waals surface area contributed by atoms with Gasteiger partial charge in [0.1, 0.15) is 5.75 Å². The maximum absolute atomic E-state index is 12.1. The van der Waals surface area contributed by atoms with E-state index in [4.69, 9.17) is 18.0 Å². The quantitative estimate of drug-likeness (QED) is 0.814. The number of carbonyl (C=O) groups is 1. The fraction of sp³-hybridized carbons (Fsp3) is 0.385. The van der Waals surface area contributed by atoms with E-state index in [9.17, 15) is 9.90 Å². The molecule has 1 aromatic rings. The largest absolute Gasteiger partial charge is 0.508 e. The average molecular weight is 266 g/mol. The van der Waals surface area contributed by atoms with Crippen LogP contribution in [0.2, 0.25) is 0 Å². The Morgan fingerprint density at radius 1 is 1.56 bits per heavy atom. The molecule has 0 saturated carbocycles. The lowest BCUT2D eigenvalue weighted by molar-refractivity contribution is 0.0786.